The number of nitrogens with one attached hydrogen (secondary N) is 1. The number of ether oxygens (including phenoxy) is 2. The lowest BCUT2D eigenvalue weighted by atomic mass is 9.99. The predicted molar refractivity (Wildman–Crippen MR) is 102 cm³/mol. The zero-order valence-corrected chi connectivity index (χ0v) is 15.5. The van der Waals surface area contributed by atoms with E-state index in [0.29, 0.717) is 17.2 Å². The zero-order valence-electron chi connectivity index (χ0n) is 15.5. The number of halogens is 2. The van der Waals surface area contributed by atoms with Crippen molar-refractivity contribution in [2.45, 2.75) is 32.8 Å². The predicted octanol–water partition coefficient (Wildman–Crippen LogP) is 5.46. The van der Waals surface area contributed by atoms with Crippen LogP contribution in [0.15, 0.2) is 48.5 Å². The number of alkyl halides is 2. The second-order valence-corrected chi connectivity index (χ2v) is 6.04. The van der Waals surface area contributed by atoms with Gasteiger partial charge in [0.15, 0.2) is 11.5 Å². The van der Waals surface area contributed by atoms with E-state index in [1.165, 1.54) is 30.9 Å². The highest BCUT2D eigenvalue weighted by Crippen LogP contribution is 2.29. The van der Waals surface area contributed by atoms with Gasteiger partial charge in [0.1, 0.15) is 0 Å². The fourth-order valence-corrected chi connectivity index (χ4v) is 2.47. The summed E-state index contributed by atoms with van der Waals surface area (Å²) in [7, 11) is 1.36. The van der Waals surface area contributed by atoms with Crippen LogP contribution in [0.3, 0.4) is 0 Å². The molecule has 4 nitrogen and oxygen atoms in total. The van der Waals surface area contributed by atoms with Gasteiger partial charge in [-0.1, -0.05) is 32.0 Å². The normalized spacial score (nSPS) is 12.2. The summed E-state index contributed by atoms with van der Waals surface area (Å²) in [5.74, 6) is 0.286. The average Bonchev–Trinajstić information content (AvgIpc) is 2.66. The van der Waals surface area contributed by atoms with Crippen molar-refractivity contribution in [2.24, 2.45) is 0 Å². The summed E-state index contributed by atoms with van der Waals surface area (Å²) >= 11 is 0. The first-order chi connectivity index (χ1) is 12.9. The van der Waals surface area contributed by atoms with Gasteiger partial charge in [-0.2, -0.15) is 8.78 Å². The molecule has 0 saturated heterocycles. The molecule has 0 aromatic heterocycles. The second-order valence-electron chi connectivity index (χ2n) is 6.04. The van der Waals surface area contributed by atoms with Crippen LogP contribution in [0.4, 0.5) is 14.5 Å². The Balaban J connectivity index is 2.01. The van der Waals surface area contributed by atoms with Crippen LogP contribution in [0.25, 0.3) is 6.08 Å². The molecule has 0 aliphatic heterocycles. The van der Waals surface area contributed by atoms with Crippen molar-refractivity contribution in [3.8, 4) is 11.5 Å². The lowest BCUT2D eigenvalue weighted by Crippen LogP contribution is -2.07. The van der Waals surface area contributed by atoms with Crippen LogP contribution in [0, 0.1) is 0 Å². The van der Waals surface area contributed by atoms with E-state index in [9.17, 15) is 13.6 Å². The molecule has 1 N–H and O–H groups in total. The van der Waals surface area contributed by atoms with E-state index in [1.54, 1.807) is 12.1 Å². The molecule has 0 bridgehead atoms. The van der Waals surface area contributed by atoms with Crippen LogP contribution in [0.1, 0.15) is 37.3 Å². The fourth-order valence-electron chi connectivity index (χ4n) is 2.47. The molecule has 2 rings (SSSR count). The number of methoxy groups -OCH3 is 1. The summed E-state index contributed by atoms with van der Waals surface area (Å²) in [5.41, 5.74) is 2.55. The molecule has 2 aromatic rings. The maximum Gasteiger partial charge on any atom is 0.387 e. The van der Waals surface area contributed by atoms with Gasteiger partial charge < -0.3 is 14.8 Å². The van der Waals surface area contributed by atoms with E-state index >= 15 is 0 Å². The summed E-state index contributed by atoms with van der Waals surface area (Å²) in [6.45, 7) is 1.35. The Morgan fingerprint density at radius 3 is 2.44 bits per heavy atom. The number of carbonyl (C=O) groups excluding carboxylic acids is 1. The molecule has 0 heterocycles. The van der Waals surface area contributed by atoms with E-state index in [1.807, 2.05) is 24.3 Å². The van der Waals surface area contributed by atoms with Gasteiger partial charge in [0, 0.05) is 11.8 Å². The maximum atomic E-state index is 12.3. The molecule has 27 heavy (non-hydrogen) atoms. The minimum atomic E-state index is -2.93. The van der Waals surface area contributed by atoms with E-state index in [4.69, 9.17) is 4.74 Å². The molecule has 2 aromatic carbocycles. The summed E-state index contributed by atoms with van der Waals surface area (Å²) in [4.78, 5) is 12.1. The molecule has 6 heteroatoms. The lowest BCUT2D eigenvalue weighted by molar-refractivity contribution is -0.111. The van der Waals surface area contributed by atoms with Gasteiger partial charge in [0.25, 0.3) is 0 Å². The first-order valence-electron chi connectivity index (χ1n) is 8.64. The summed E-state index contributed by atoms with van der Waals surface area (Å²) < 4.78 is 34.1. The Hall–Kier alpha value is -2.89. The minimum absolute atomic E-state index is 0.0597. The van der Waals surface area contributed by atoms with E-state index < -0.39 is 6.61 Å². The van der Waals surface area contributed by atoms with Gasteiger partial charge in [0.05, 0.1) is 7.11 Å². The summed E-state index contributed by atoms with van der Waals surface area (Å²) in [5, 5.41) is 2.78. The third-order valence-electron chi connectivity index (χ3n) is 4.19. The van der Waals surface area contributed by atoms with Crippen molar-refractivity contribution < 1.29 is 23.0 Å². The van der Waals surface area contributed by atoms with E-state index in [-0.39, 0.29) is 17.4 Å². The first kappa shape index (κ1) is 20.4. The molecule has 1 amide bonds. The number of hydrogen-bond donors (Lipinski definition) is 1. The van der Waals surface area contributed by atoms with Gasteiger partial charge in [0.2, 0.25) is 5.91 Å². The summed E-state index contributed by atoms with van der Waals surface area (Å²) in [6.07, 6.45) is 3.99. The maximum absolute atomic E-state index is 12.3. The fraction of sp³-hybridized carbons (Fsp3) is 0.286. The number of benzene rings is 2. The van der Waals surface area contributed by atoms with Crippen LogP contribution < -0.4 is 14.8 Å². The van der Waals surface area contributed by atoms with Gasteiger partial charge in [-0.05, 0) is 53.8 Å². The standard InChI is InChI=1S/C21H23F2NO3/c1-4-14(2)16-7-9-17(10-8-16)24-20(25)12-6-15-5-11-18(27-21(22)23)19(13-15)26-3/h5-14,21H,4H2,1-3H3,(H,24,25)/b12-6+/t14-/m0/s1. The molecule has 0 unspecified atom stereocenters. The Kier molecular flexibility index (Phi) is 7.34. The Labute approximate surface area is 157 Å². The van der Waals surface area contributed by atoms with Gasteiger partial charge in [-0.3, -0.25) is 4.79 Å². The molecule has 0 aliphatic carbocycles. The topological polar surface area (TPSA) is 47.6 Å². The molecule has 0 radical (unpaired) electrons. The van der Waals surface area contributed by atoms with Gasteiger partial charge in [-0.25, -0.2) is 0 Å². The van der Waals surface area contributed by atoms with Gasteiger partial charge >= 0.3 is 6.61 Å². The summed E-state index contributed by atoms with van der Waals surface area (Å²) in [6, 6.07) is 12.2. The highest BCUT2D eigenvalue weighted by atomic mass is 19.3. The number of carbonyl (C=O) groups is 1. The second kappa shape index (κ2) is 9.71. The molecule has 0 fully saturated rings. The van der Waals surface area contributed by atoms with E-state index in [0.717, 1.165) is 6.42 Å². The minimum Gasteiger partial charge on any atom is -0.493 e. The Morgan fingerprint density at radius 1 is 1.15 bits per heavy atom. The zero-order chi connectivity index (χ0) is 19.8. The third-order valence-corrected chi connectivity index (χ3v) is 4.19. The highest BCUT2D eigenvalue weighted by molar-refractivity contribution is 6.01. The Bertz CT molecular complexity index is 789. The number of hydrogen-bond acceptors (Lipinski definition) is 3. The van der Waals surface area contributed by atoms with E-state index in [2.05, 4.69) is 23.9 Å². The quantitative estimate of drug-likeness (QED) is 0.623. The van der Waals surface area contributed by atoms with Crippen molar-refractivity contribution in [1.29, 1.82) is 0 Å². The third kappa shape index (κ3) is 6.09. The molecule has 144 valence electrons. The average molecular weight is 375 g/mol. The SMILES string of the molecule is CC[C@H](C)c1ccc(NC(=O)/C=C/c2ccc(OC(F)F)c(OC)c2)cc1. The van der Waals surface area contributed by atoms with Crippen LogP contribution in [0.5, 0.6) is 11.5 Å². The molecular formula is C21H23F2NO3. The molecular weight excluding hydrogens is 352 g/mol. The molecule has 0 spiro atoms. The number of rotatable bonds is 8. The van der Waals surface area contributed by atoms with Crippen molar-refractivity contribution in [3.63, 3.8) is 0 Å². The molecule has 0 aliphatic rings. The largest absolute Gasteiger partial charge is 0.493 e. The number of anilines is 1. The van der Waals surface area contributed by atoms with Crippen LogP contribution >= 0.6 is 0 Å². The van der Waals surface area contributed by atoms with Crippen LogP contribution in [0.2, 0.25) is 0 Å². The molecule has 1 atom stereocenters. The first-order valence-corrected chi connectivity index (χ1v) is 8.64. The lowest BCUT2D eigenvalue weighted by Gasteiger charge is -2.10. The smallest absolute Gasteiger partial charge is 0.387 e. The highest BCUT2D eigenvalue weighted by Gasteiger charge is 2.10. The van der Waals surface area contributed by atoms with Crippen molar-refractivity contribution in [1.82, 2.24) is 0 Å². The number of amides is 1. The van der Waals surface area contributed by atoms with Crippen molar-refractivity contribution in [2.75, 3.05) is 12.4 Å². The molecule has 0 saturated carbocycles. The van der Waals surface area contributed by atoms with Crippen molar-refractivity contribution >= 4 is 17.7 Å². The van der Waals surface area contributed by atoms with Crippen LogP contribution in [-0.2, 0) is 4.79 Å². The monoisotopic (exact) mass is 375 g/mol. The van der Waals surface area contributed by atoms with Gasteiger partial charge in [-0.15, -0.1) is 0 Å². The van der Waals surface area contributed by atoms with Crippen LogP contribution in [-0.4, -0.2) is 19.6 Å². The Morgan fingerprint density at radius 2 is 1.85 bits per heavy atom. The van der Waals surface area contributed by atoms with Crippen molar-refractivity contribution in [3.05, 3.63) is 59.7 Å².